The topological polar surface area (TPSA) is 37.4 Å². The first kappa shape index (κ1) is 14.1. The second kappa shape index (κ2) is 6.31. The molecule has 112 valence electrons. The Hall–Kier alpha value is -1.81. The van der Waals surface area contributed by atoms with E-state index < -0.39 is 0 Å². The summed E-state index contributed by atoms with van der Waals surface area (Å²) in [4.78, 5) is 7.15. The molecular weight excluding hydrogens is 262 g/mol. The highest BCUT2D eigenvalue weighted by Crippen LogP contribution is 2.32. The maximum absolute atomic E-state index is 5.49. The second-order valence-corrected chi connectivity index (χ2v) is 5.53. The lowest BCUT2D eigenvalue weighted by Gasteiger charge is -2.30. The average Bonchev–Trinajstić information content (AvgIpc) is 3.05. The first-order valence-corrected chi connectivity index (χ1v) is 7.74. The number of fused-ring (bicyclic) bond motifs is 1. The summed E-state index contributed by atoms with van der Waals surface area (Å²) in [5.41, 5.74) is 0. The normalized spacial score (nSPS) is 18.1. The molecule has 2 aromatic rings. The van der Waals surface area contributed by atoms with Crippen LogP contribution in [0.15, 0.2) is 30.5 Å². The summed E-state index contributed by atoms with van der Waals surface area (Å²) in [5.74, 6) is 2.00. The van der Waals surface area contributed by atoms with Crippen LogP contribution in [0.3, 0.4) is 0 Å². The van der Waals surface area contributed by atoms with Crippen molar-refractivity contribution in [1.29, 1.82) is 0 Å². The molecule has 1 saturated heterocycles. The van der Waals surface area contributed by atoms with Crippen LogP contribution in [0.4, 0.5) is 5.82 Å². The maximum Gasteiger partial charge on any atom is 0.136 e. The molecule has 4 heteroatoms. The first-order valence-electron chi connectivity index (χ1n) is 7.74. The van der Waals surface area contributed by atoms with E-state index >= 15 is 0 Å². The van der Waals surface area contributed by atoms with Gasteiger partial charge in [-0.1, -0.05) is 19.1 Å². The van der Waals surface area contributed by atoms with Gasteiger partial charge < -0.3 is 15.0 Å². The molecule has 4 nitrogen and oxygen atoms in total. The highest BCUT2D eigenvalue weighted by atomic mass is 16.5. The number of anilines is 1. The third-order valence-corrected chi connectivity index (χ3v) is 4.18. The molecular formula is C17H23N3O. The SMILES string of the molecule is CCCN(c1nccc2c(OC)cccc12)C1CCNC1. The third kappa shape index (κ3) is 2.68. The Labute approximate surface area is 126 Å². The minimum atomic E-state index is 0.536. The number of benzene rings is 1. The summed E-state index contributed by atoms with van der Waals surface area (Å²) in [6.45, 7) is 5.40. The summed E-state index contributed by atoms with van der Waals surface area (Å²) < 4.78 is 5.49. The minimum absolute atomic E-state index is 0.536. The number of nitrogens with zero attached hydrogens (tertiary/aromatic N) is 2. The molecule has 0 amide bonds. The van der Waals surface area contributed by atoms with Crippen molar-refractivity contribution in [2.24, 2.45) is 0 Å². The van der Waals surface area contributed by atoms with Crippen molar-refractivity contribution >= 4 is 16.6 Å². The molecule has 1 atom stereocenters. The number of hydrogen-bond acceptors (Lipinski definition) is 4. The van der Waals surface area contributed by atoms with Crippen molar-refractivity contribution in [1.82, 2.24) is 10.3 Å². The monoisotopic (exact) mass is 285 g/mol. The van der Waals surface area contributed by atoms with Crippen molar-refractivity contribution in [3.8, 4) is 5.75 Å². The summed E-state index contributed by atoms with van der Waals surface area (Å²) in [7, 11) is 1.72. The zero-order valence-corrected chi connectivity index (χ0v) is 12.8. The van der Waals surface area contributed by atoms with Gasteiger partial charge in [0.15, 0.2) is 0 Å². The van der Waals surface area contributed by atoms with E-state index in [1.165, 1.54) is 11.8 Å². The number of nitrogens with one attached hydrogen (secondary N) is 1. The lowest BCUT2D eigenvalue weighted by atomic mass is 10.1. The summed E-state index contributed by atoms with van der Waals surface area (Å²) >= 11 is 0. The van der Waals surface area contributed by atoms with Crippen LogP contribution < -0.4 is 15.0 Å². The van der Waals surface area contributed by atoms with Gasteiger partial charge in [0.1, 0.15) is 11.6 Å². The van der Waals surface area contributed by atoms with Crippen LogP contribution in [0, 0.1) is 0 Å². The van der Waals surface area contributed by atoms with E-state index in [1.807, 2.05) is 24.4 Å². The Morgan fingerprint density at radius 3 is 2.95 bits per heavy atom. The summed E-state index contributed by atoms with van der Waals surface area (Å²) in [6.07, 6.45) is 4.20. The van der Waals surface area contributed by atoms with Crippen molar-refractivity contribution < 1.29 is 4.74 Å². The Morgan fingerprint density at radius 1 is 1.33 bits per heavy atom. The van der Waals surface area contributed by atoms with Gasteiger partial charge in [0.2, 0.25) is 0 Å². The van der Waals surface area contributed by atoms with Gasteiger partial charge in [-0.2, -0.15) is 0 Å². The molecule has 21 heavy (non-hydrogen) atoms. The quantitative estimate of drug-likeness (QED) is 0.916. The van der Waals surface area contributed by atoms with E-state index in [9.17, 15) is 0 Å². The molecule has 0 spiro atoms. The second-order valence-electron chi connectivity index (χ2n) is 5.53. The molecule has 1 N–H and O–H groups in total. The fraction of sp³-hybridized carbons (Fsp3) is 0.471. The fourth-order valence-electron chi connectivity index (χ4n) is 3.18. The van der Waals surface area contributed by atoms with Gasteiger partial charge in [-0.05, 0) is 31.5 Å². The summed E-state index contributed by atoms with van der Waals surface area (Å²) in [5, 5.41) is 5.77. The van der Waals surface area contributed by atoms with E-state index in [0.29, 0.717) is 6.04 Å². The number of methoxy groups -OCH3 is 1. The average molecular weight is 285 g/mol. The number of ether oxygens (including phenoxy) is 1. The molecule has 1 aliphatic heterocycles. The van der Waals surface area contributed by atoms with Crippen LogP contribution in [-0.4, -0.2) is 37.8 Å². The molecule has 1 aromatic heterocycles. The molecule has 0 bridgehead atoms. The standard InChI is InChI=1S/C17H23N3O/c1-3-11-20(13-7-9-18-12-13)17-15-5-4-6-16(21-2)14(15)8-10-19-17/h4-6,8,10,13,18H,3,7,9,11-12H2,1-2H3. The lowest BCUT2D eigenvalue weighted by molar-refractivity contribution is 0.420. The molecule has 1 unspecified atom stereocenters. The van der Waals surface area contributed by atoms with Crippen molar-refractivity contribution in [3.05, 3.63) is 30.5 Å². The van der Waals surface area contributed by atoms with Gasteiger partial charge in [-0.15, -0.1) is 0 Å². The zero-order chi connectivity index (χ0) is 14.7. The van der Waals surface area contributed by atoms with E-state index in [1.54, 1.807) is 7.11 Å². The minimum Gasteiger partial charge on any atom is -0.496 e. The van der Waals surface area contributed by atoms with Crippen LogP contribution in [0.5, 0.6) is 5.75 Å². The van der Waals surface area contributed by atoms with Gasteiger partial charge in [0.25, 0.3) is 0 Å². The van der Waals surface area contributed by atoms with Crippen LogP contribution in [-0.2, 0) is 0 Å². The highest BCUT2D eigenvalue weighted by molar-refractivity contribution is 5.96. The predicted octanol–water partition coefficient (Wildman–Crippen LogP) is 2.82. The van der Waals surface area contributed by atoms with Gasteiger partial charge in [-0.25, -0.2) is 4.98 Å². The van der Waals surface area contributed by atoms with Crippen molar-refractivity contribution in [2.75, 3.05) is 31.6 Å². The highest BCUT2D eigenvalue weighted by Gasteiger charge is 2.24. The molecule has 1 fully saturated rings. The largest absolute Gasteiger partial charge is 0.496 e. The van der Waals surface area contributed by atoms with Crippen molar-refractivity contribution in [3.63, 3.8) is 0 Å². The van der Waals surface area contributed by atoms with Crippen LogP contribution in [0.1, 0.15) is 19.8 Å². The number of aromatic nitrogens is 1. The number of pyridine rings is 1. The molecule has 2 heterocycles. The van der Waals surface area contributed by atoms with Crippen LogP contribution >= 0.6 is 0 Å². The molecule has 0 saturated carbocycles. The van der Waals surface area contributed by atoms with E-state index in [0.717, 1.165) is 43.0 Å². The Kier molecular flexibility index (Phi) is 4.25. The maximum atomic E-state index is 5.49. The van der Waals surface area contributed by atoms with E-state index in [2.05, 4.69) is 28.2 Å². The first-order chi connectivity index (χ1) is 10.3. The predicted molar refractivity (Wildman–Crippen MR) is 87.2 cm³/mol. The van der Waals surface area contributed by atoms with Gasteiger partial charge >= 0.3 is 0 Å². The van der Waals surface area contributed by atoms with E-state index in [-0.39, 0.29) is 0 Å². The summed E-state index contributed by atoms with van der Waals surface area (Å²) in [6, 6.07) is 8.77. The van der Waals surface area contributed by atoms with Crippen molar-refractivity contribution in [2.45, 2.75) is 25.8 Å². The van der Waals surface area contributed by atoms with E-state index in [4.69, 9.17) is 4.74 Å². The molecule has 3 rings (SSSR count). The zero-order valence-electron chi connectivity index (χ0n) is 12.8. The van der Waals surface area contributed by atoms with Crippen LogP contribution in [0.2, 0.25) is 0 Å². The molecule has 1 aliphatic rings. The number of rotatable bonds is 5. The number of hydrogen-bond donors (Lipinski definition) is 1. The van der Waals surface area contributed by atoms with Gasteiger partial charge in [0.05, 0.1) is 7.11 Å². The third-order valence-electron chi connectivity index (χ3n) is 4.18. The molecule has 0 radical (unpaired) electrons. The smallest absolute Gasteiger partial charge is 0.136 e. The Bertz CT molecular complexity index is 608. The lowest BCUT2D eigenvalue weighted by Crippen LogP contribution is -2.38. The Morgan fingerprint density at radius 2 is 2.24 bits per heavy atom. The van der Waals surface area contributed by atoms with Crippen LogP contribution in [0.25, 0.3) is 10.8 Å². The molecule has 1 aromatic carbocycles. The fourth-order valence-corrected chi connectivity index (χ4v) is 3.18. The molecule has 0 aliphatic carbocycles. The Balaban J connectivity index is 2.08. The van der Waals surface area contributed by atoms with Gasteiger partial charge in [0, 0.05) is 36.1 Å². The van der Waals surface area contributed by atoms with Gasteiger partial charge in [-0.3, -0.25) is 0 Å².